The van der Waals surface area contributed by atoms with Crippen molar-refractivity contribution < 1.29 is 18.5 Å². The molecule has 1 aliphatic rings. The third-order valence-electron chi connectivity index (χ3n) is 4.28. The van der Waals surface area contributed by atoms with E-state index in [1.165, 1.54) is 35.0 Å². The first-order valence-corrected chi connectivity index (χ1v) is 9.30. The molecule has 1 N–H and O–H groups in total. The Morgan fingerprint density at radius 3 is 2.46 bits per heavy atom. The second-order valence-corrected chi connectivity index (χ2v) is 6.99. The Bertz CT molecular complexity index is 1080. The number of rotatable bonds is 4. The maximum atomic E-state index is 14.0. The number of aromatic nitrogens is 2. The quantitative estimate of drug-likeness (QED) is 0.525. The summed E-state index contributed by atoms with van der Waals surface area (Å²) in [6.07, 6.45) is 0. The van der Waals surface area contributed by atoms with Crippen LogP contribution < -0.4 is 5.32 Å². The number of nitro benzene ring substituents is 1. The smallest absolute Gasteiger partial charge is 0.269 e. The van der Waals surface area contributed by atoms with Crippen LogP contribution in [0.25, 0.3) is 5.69 Å². The minimum atomic E-state index is -0.968. The lowest BCUT2D eigenvalue weighted by Gasteiger charge is -2.12. The molecule has 142 valence electrons. The summed E-state index contributed by atoms with van der Waals surface area (Å²) in [5, 5.41) is 17.9. The molecule has 0 saturated heterocycles. The minimum absolute atomic E-state index is 0.0852. The van der Waals surface area contributed by atoms with Gasteiger partial charge < -0.3 is 5.32 Å². The maximum Gasteiger partial charge on any atom is 0.269 e. The van der Waals surface area contributed by atoms with Gasteiger partial charge in [-0.2, -0.15) is 16.9 Å². The number of benzene rings is 2. The number of hydrogen-bond acceptors (Lipinski definition) is 5. The number of carbonyl (C=O) groups excluding carboxylic acids is 1. The molecule has 1 aliphatic heterocycles. The molecule has 2 aromatic carbocycles. The van der Waals surface area contributed by atoms with Crippen molar-refractivity contribution in [1.82, 2.24) is 9.78 Å². The summed E-state index contributed by atoms with van der Waals surface area (Å²) in [7, 11) is 0. The number of non-ortho nitro benzene ring substituents is 1. The van der Waals surface area contributed by atoms with Crippen molar-refractivity contribution in [3.63, 3.8) is 0 Å². The molecule has 0 fully saturated rings. The molecular formula is C18H12F2N4O3S. The molecule has 2 heterocycles. The van der Waals surface area contributed by atoms with Crippen molar-refractivity contribution in [3.05, 3.63) is 81.0 Å². The van der Waals surface area contributed by atoms with Crippen LogP contribution in [0.2, 0.25) is 0 Å². The van der Waals surface area contributed by atoms with E-state index in [0.29, 0.717) is 23.0 Å². The largest absolute Gasteiger partial charge is 0.306 e. The Kier molecular flexibility index (Phi) is 4.55. The molecule has 0 radical (unpaired) electrons. The van der Waals surface area contributed by atoms with Crippen molar-refractivity contribution >= 4 is 29.2 Å². The fraction of sp³-hybridized carbons (Fsp3) is 0.111. The highest BCUT2D eigenvalue weighted by atomic mass is 32.2. The monoisotopic (exact) mass is 402 g/mol. The summed E-state index contributed by atoms with van der Waals surface area (Å²) in [6.45, 7) is 0. The summed E-state index contributed by atoms with van der Waals surface area (Å²) in [5.74, 6) is -1.36. The number of thioether (sulfide) groups is 1. The molecule has 7 nitrogen and oxygen atoms in total. The fourth-order valence-corrected chi connectivity index (χ4v) is 3.96. The van der Waals surface area contributed by atoms with Crippen LogP contribution in [0.3, 0.4) is 0 Å². The maximum absolute atomic E-state index is 14.0. The molecule has 0 atom stereocenters. The number of nitro groups is 1. The van der Waals surface area contributed by atoms with E-state index in [1.54, 1.807) is 11.8 Å². The van der Waals surface area contributed by atoms with E-state index in [9.17, 15) is 23.7 Å². The lowest BCUT2D eigenvalue weighted by molar-refractivity contribution is -0.384. The summed E-state index contributed by atoms with van der Waals surface area (Å²) in [4.78, 5) is 22.9. The predicted molar refractivity (Wildman–Crippen MR) is 99.5 cm³/mol. The van der Waals surface area contributed by atoms with Gasteiger partial charge in [0.1, 0.15) is 23.0 Å². The van der Waals surface area contributed by atoms with Crippen LogP contribution in [-0.2, 0) is 11.5 Å². The fourth-order valence-electron chi connectivity index (χ4n) is 2.93. The van der Waals surface area contributed by atoms with Gasteiger partial charge in [-0.3, -0.25) is 14.9 Å². The van der Waals surface area contributed by atoms with Crippen molar-refractivity contribution in [2.24, 2.45) is 0 Å². The zero-order chi connectivity index (χ0) is 19.8. The molecule has 0 saturated carbocycles. The van der Waals surface area contributed by atoms with E-state index in [0.717, 1.165) is 23.4 Å². The van der Waals surface area contributed by atoms with Gasteiger partial charge in [-0.15, -0.1) is 0 Å². The molecule has 1 aromatic heterocycles. The van der Waals surface area contributed by atoms with Gasteiger partial charge >= 0.3 is 0 Å². The molecule has 0 bridgehead atoms. The number of halogens is 2. The van der Waals surface area contributed by atoms with Crippen LogP contribution in [0.4, 0.5) is 20.3 Å². The predicted octanol–water partition coefficient (Wildman–Crippen LogP) is 4.06. The second-order valence-electron chi connectivity index (χ2n) is 6.00. The van der Waals surface area contributed by atoms with Gasteiger partial charge in [-0.1, -0.05) is 6.07 Å². The highest BCUT2D eigenvalue weighted by Gasteiger charge is 2.27. The lowest BCUT2D eigenvalue weighted by atomic mass is 10.1. The summed E-state index contributed by atoms with van der Waals surface area (Å²) in [5.41, 5.74) is 1.21. The number of hydrogen-bond donors (Lipinski definition) is 1. The Balaban J connectivity index is 1.75. The average molecular weight is 402 g/mol. The molecular weight excluding hydrogens is 390 g/mol. The summed E-state index contributed by atoms with van der Waals surface area (Å²) in [6, 6.07) is 8.81. The van der Waals surface area contributed by atoms with Crippen LogP contribution in [0.15, 0.2) is 42.5 Å². The highest BCUT2D eigenvalue weighted by molar-refractivity contribution is 7.98. The Morgan fingerprint density at radius 2 is 1.82 bits per heavy atom. The van der Waals surface area contributed by atoms with Gasteiger partial charge in [0.15, 0.2) is 0 Å². The number of anilines is 1. The number of nitrogens with zero attached hydrogens (tertiary/aromatic N) is 3. The zero-order valence-corrected chi connectivity index (χ0v) is 15.0. The zero-order valence-electron chi connectivity index (χ0n) is 14.2. The van der Waals surface area contributed by atoms with Crippen LogP contribution in [0.1, 0.15) is 21.6 Å². The minimum Gasteiger partial charge on any atom is -0.306 e. The summed E-state index contributed by atoms with van der Waals surface area (Å²) < 4.78 is 29.3. The highest BCUT2D eigenvalue weighted by Crippen LogP contribution is 2.36. The van der Waals surface area contributed by atoms with Gasteiger partial charge in [0, 0.05) is 29.2 Å². The second kappa shape index (κ2) is 7.04. The van der Waals surface area contributed by atoms with Crippen LogP contribution in [-0.4, -0.2) is 20.6 Å². The number of carbonyl (C=O) groups is 1. The van der Waals surface area contributed by atoms with Crippen LogP contribution >= 0.6 is 11.8 Å². The van der Waals surface area contributed by atoms with Crippen molar-refractivity contribution in [2.75, 3.05) is 5.32 Å². The average Bonchev–Trinajstić information content (AvgIpc) is 3.24. The lowest BCUT2D eigenvalue weighted by Crippen LogP contribution is -2.19. The molecule has 28 heavy (non-hydrogen) atoms. The van der Waals surface area contributed by atoms with Crippen molar-refractivity contribution in [3.8, 4) is 5.69 Å². The van der Waals surface area contributed by atoms with E-state index in [2.05, 4.69) is 10.4 Å². The first kappa shape index (κ1) is 18.1. The normalized spacial score (nSPS) is 12.6. The van der Waals surface area contributed by atoms with Gasteiger partial charge in [0.25, 0.3) is 11.6 Å². The van der Waals surface area contributed by atoms with E-state index >= 15 is 0 Å². The van der Waals surface area contributed by atoms with E-state index < -0.39 is 28.0 Å². The Morgan fingerprint density at radius 1 is 1.14 bits per heavy atom. The first-order chi connectivity index (χ1) is 13.5. The topological polar surface area (TPSA) is 90.1 Å². The van der Waals surface area contributed by atoms with Gasteiger partial charge in [-0.25, -0.2) is 13.5 Å². The van der Waals surface area contributed by atoms with Gasteiger partial charge in [0.2, 0.25) is 0 Å². The Labute approximate surface area is 161 Å². The summed E-state index contributed by atoms with van der Waals surface area (Å²) >= 11 is 1.60. The van der Waals surface area contributed by atoms with E-state index in [-0.39, 0.29) is 5.69 Å². The molecule has 0 spiro atoms. The number of fused-ring (bicyclic) bond motifs is 1. The third-order valence-corrected chi connectivity index (χ3v) is 5.25. The SMILES string of the molecule is O=C(Nc1c2c(nn1-c1ccc([N+](=O)[O-])cc1)CSC2)c1c(F)cccc1F. The van der Waals surface area contributed by atoms with Gasteiger partial charge in [0.05, 0.1) is 16.3 Å². The number of nitrogens with one attached hydrogen (secondary N) is 1. The van der Waals surface area contributed by atoms with Gasteiger partial charge in [-0.05, 0) is 24.3 Å². The van der Waals surface area contributed by atoms with Crippen LogP contribution in [0.5, 0.6) is 0 Å². The molecule has 4 rings (SSSR count). The van der Waals surface area contributed by atoms with E-state index in [1.807, 2.05) is 0 Å². The first-order valence-electron chi connectivity index (χ1n) is 8.14. The molecule has 1 amide bonds. The van der Waals surface area contributed by atoms with E-state index in [4.69, 9.17) is 0 Å². The molecule has 3 aromatic rings. The van der Waals surface area contributed by atoms with Crippen LogP contribution in [0, 0.1) is 21.7 Å². The number of amides is 1. The molecule has 0 aliphatic carbocycles. The van der Waals surface area contributed by atoms with Crippen molar-refractivity contribution in [2.45, 2.75) is 11.5 Å². The standard InChI is InChI=1S/C18H12F2N4O3S/c19-13-2-1-3-14(20)16(13)18(25)21-17-12-8-28-9-15(12)22-23(17)10-4-6-11(7-5-10)24(26)27/h1-7H,8-9H2,(H,21,25). The third kappa shape index (κ3) is 3.11. The molecule has 10 heteroatoms. The Hall–Kier alpha value is -3.27. The molecule has 0 unspecified atom stereocenters. The van der Waals surface area contributed by atoms with Crippen molar-refractivity contribution in [1.29, 1.82) is 0 Å².